The number of nitrogens with two attached hydrogens (primary N) is 1. The quantitative estimate of drug-likeness (QED) is 0.770. The molecule has 0 aromatic heterocycles. The van der Waals surface area contributed by atoms with Crippen LogP contribution in [0.25, 0.3) is 0 Å². The molecule has 1 amide bonds. The highest BCUT2D eigenvalue weighted by atomic mass is 19.1. The number of benzene rings is 1. The molecule has 3 N–H and O–H groups in total. The van der Waals surface area contributed by atoms with Crippen LogP contribution in [0.15, 0.2) is 24.3 Å². The number of halogens is 1. The Morgan fingerprint density at radius 1 is 1.38 bits per heavy atom. The Morgan fingerprint density at radius 2 is 2.05 bits per heavy atom. The summed E-state index contributed by atoms with van der Waals surface area (Å²) in [6, 6.07) is 5.25. The minimum atomic E-state index is -0.500. The maximum Gasteiger partial charge on any atom is 0.237 e. The van der Waals surface area contributed by atoms with E-state index in [1.165, 1.54) is 12.1 Å². The van der Waals surface area contributed by atoms with Gasteiger partial charge in [-0.25, -0.2) is 4.39 Å². The van der Waals surface area contributed by atoms with Gasteiger partial charge >= 0.3 is 0 Å². The molecule has 1 atom stereocenters. The third kappa shape index (κ3) is 4.99. The molecular weight excluding hydrogens is 275 g/mol. The topological polar surface area (TPSA) is 73.6 Å². The predicted molar refractivity (Wildman–Crippen MR) is 76.4 cm³/mol. The summed E-state index contributed by atoms with van der Waals surface area (Å²) in [7, 11) is 0. The lowest BCUT2D eigenvalue weighted by Gasteiger charge is -2.26. The van der Waals surface area contributed by atoms with Crippen molar-refractivity contribution < 1.29 is 18.7 Å². The van der Waals surface area contributed by atoms with E-state index in [4.69, 9.17) is 15.2 Å². The van der Waals surface area contributed by atoms with Gasteiger partial charge < -0.3 is 20.5 Å². The van der Waals surface area contributed by atoms with E-state index in [2.05, 4.69) is 5.32 Å². The summed E-state index contributed by atoms with van der Waals surface area (Å²) in [6.45, 7) is 2.02. The number of nitrogens with one attached hydrogen (secondary N) is 1. The van der Waals surface area contributed by atoms with E-state index in [1.54, 1.807) is 12.1 Å². The fourth-order valence-electron chi connectivity index (χ4n) is 2.28. The SMILES string of the molecule is NC(C(=O)NCCOc1ccc(F)cc1)C1CCOCC1. The van der Waals surface area contributed by atoms with Crippen LogP contribution in [0.4, 0.5) is 4.39 Å². The predicted octanol–water partition coefficient (Wildman–Crippen LogP) is 1.07. The summed E-state index contributed by atoms with van der Waals surface area (Å²) >= 11 is 0. The number of hydrogen-bond donors (Lipinski definition) is 2. The Morgan fingerprint density at radius 3 is 2.71 bits per heavy atom. The highest BCUT2D eigenvalue weighted by Crippen LogP contribution is 2.17. The monoisotopic (exact) mass is 296 g/mol. The van der Waals surface area contributed by atoms with E-state index >= 15 is 0 Å². The maximum atomic E-state index is 12.7. The number of carbonyl (C=O) groups excluding carboxylic acids is 1. The van der Waals surface area contributed by atoms with Crippen molar-refractivity contribution >= 4 is 5.91 Å². The summed E-state index contributed by atoms with van der Waals surface area (Å²) in [5.41, 5.74) is 5.95. The zero-order chi connectivity index (χ0) is 15.1. The van der Waals surface area contributed by atoms with Gasteiger partial charge in [0.05, 0.1) is 12.6 Å². The molecule has 1 aliphatic heterocycles. The zero-order valence-electron chi connectivity index (χ0n) is 11.9. The molecular formula is C15H21FN2O3. The standard InChI is InChI=1S/C15H21FN2O3/c16-12-1-3-13(4-2-12)21-10-7-18-15(19)14(17)11-5-8-20-9-6-11/h1-4,11,14H,5-10,17H2,(H,18,19). The molecule has 1 aliphatic rings. The normalized spacial score (nSPS) is 17.2. The number of hydrogen-bond acceptors (Lipinski definition) is 4. The molecule has 1 fully saturated rings. The number of amides is 1. The minimum Gasteiger partial charge on any atom is -0.492 e. The fourth-order valence-corrected chi connectivity index (χ4v) is 2.28. The largest absolute Gasteiger partial charge is 0.492 e. The van der Waals surface area contributed by atoms with E-state index in [1.807, 2.05) is 0 Å². The number of rotatable bonds is 6. The summed E-state index contributed by atoms with van der Waals surface area (Å²) in [5.74, 6) is 0.277. The molecule has 116 valence electrons. The highest BCUT2D eigenvalue weighted by molar-refractivity contribution is 5.81. The molecule has 6 heteroatoms. The van der Waals surface area contributed by atoms with Gasteiger partial charge in [-0.1, -0.05) is 0 Å². The fraction of sp³-hybridized carbons (Fsp3) is 0.533. The van der Waals surface area contributed by atoms with E-state index in [0.29, 0.717) is 32.1 Å². The van der Waals surface area contributed by atoms with Gasteiger partial charge in [-0.15, -0.1) is 0 Å². The molecule has 1 aromatic rings. The first kappa shape index (κ1) is 15.7. The molecule has 21 heavy (non-hydrogen) atoms. The molecule has 1 aromatic carbocycles. The lowest BCUT2D eigenvalue weighted by molar-refractivity contribution is -0.124. The first-order valence-electron chi connectivity index (χ1n) is 7.16. The van der Waals surface area contributed by atoms with Crippen LogP contribution in [0.1, 0.15) is 12.8 Å². The second kappa shape index (κ2) is 7.95. The smallest absolute Gasteiger partial charge is 0.237 e. The van der Waals surface area contributed by atoms with E-state index in [-0.39, 0.29) is 17.6 Å². The molecule has 1 unspecified atom stereocenters. The van der Waals surface area contributed by atoms with Gasteiger partial charge in [0.25, 0.3) is 0 Å². The summed E-state index contributed by atoms with van der Waals surface area (Å²) < 4.78 is 23.4. The van der Waals surface area contributed by atoms with Crippen LogP contribution in [0.5, 0.6) is 5.75 Å². The Labute approximate surface area is 123 Å². The van der Waals surface area contributed by atoms with Gasteiger partial charge in [0.1, 0.15) is 18.2 Å². The molecule has 1 heterocycles. The Hall–Kier alpha value is -1.66. The van der Waals surface area contributed by atoms with Crippen molar-refractivity contribution in [3.63, 3.8) is 0 Å². The third-order valence-electron chi connectivity index (χ3n) is 3.56. The first-order valence-corrected chi connectivity index (χ1v) is 7.16. The third-order valence-corrected chi connectivity index (χ3v) is 3.56. The second-order valence-corrected chi connectivity index (χ2v) is 5.07. The second-order valence-electron chi connectivity index (χ2n) is 5.07. The van der Waals surface area contributed by atoms with Gasteiger partial charge in [0.2, 0.25) is 5.91 Å². The Balaban J connectivity index is 1.65. The average molecular weight is 296 g/mol. The number of carbonyl (C=O) groups is 1. The van der Waals surface area contributed by atoms with Crippen molar-refractivity contribution in [1.82, 2.24) is 5.32 Å². The van der Waals surface area contributed by atoms with Crippen LogP contribution in [0.3, 0.4) is 0 Å². The van der Waals surface area contributed by atoms with E-state index < -0.39 is 6.04 Å². The molecule has 0 radical (unpaired) electrons. The molecule has 2 rings (SSSR count). The first-order chi connectivity index (χ1) is 10.2. The van der Waals surface area contributed by atoms with Crippen LogP contribution in [0, 0.1) is 11.7 Å². The van der Waals surface area contributed by atoms with E-state index in [9.17, 15) is 9.18 Å². The van der Waals surface area contributed by atoms with Gasteiger partial charge in [-0.2, -0.15) is 0 Å². The molecule has 0 bridgehead atoms. The van der Waals surface area contributed by atoms with Crippen molar-refractivity contribution in [2.75, 3.05) is 26.4 Å². The van der Waals surface area contributed by atoms with Crippen molar-refractivity contribution in [3.05, 3.63) is 30.1 Å². The lowest BCUT2D eigenvalue weighted by atomic mass is 9.92. The maximum absolute atomic E-state index is 12.7. The van der Waals surface area contributed by atoms with Crippen LogP contribution in [0.2, 0.25) is 0 Å². The lowest BCUT2D eigenvalue weighted by Crippen LogP contribution is -2.47. The van der Waals surface area contributed by atoms with Crippen LogP contribution in [-0.4, -0.2) is 38.3 Å². The number of ether oxygens (including phenoxy) is 2. The average Bonchev–Trinajstić information content (AvgIpc) is 2.53. The van der Waals surface area contributed by atoms with Gasteiger partial charge in [-0.05, 0) is 43.0 Å². The van der Waals surface area contributed by atoms with E-state index in [0.717, 1.165) is 12.8 Å². The van der Waals surface area contributed by atoms with Crippen LogP contribution in [-0.2, 0) is 9.53 Å². The molecule has 1 saturated heterocycles. The van der Waals surface area contributed by atoms with Gasteiger partial charge in [0, 0.05) is 13.2 Å². The van der Waals surface area contributed by atoms with Gasteiger partial charge in [0.15, 0.2) is 0 Å². The summed E-state index contributed by atoms with van der Waals surface area (Å²) in [4.78, 5) is 11.9. The van der Waals surface area contributed by atoms with Crippen LogP contribution >= 0.6 is 0 Å². The highest BCUT2D eigenvalue weighted by Gasteiger charge is 2.26. The van der Waals surface area contributed by atoms with Gasteiger partial charge in [-0.3, -0.25) is 4.79 Å². The summed E-state index contributed by atoms with van der Waals surface area (Å²) in [6.07, 6.45) is 1.64. The Kier molecular flexibility index (Phi) is 5.95. The van der Waals surface area contributed by atoms with Crippen molar-refractivity contribution in [1.29, 1.82) is 0 Å². The molecule has 0 spiro atoms. The molecule has 0 aliphatic carbocycles. The van der Waals surface area contributed by atoms with Crippen molar-refractivity contribution in [2.24, 2.45) is 11.7 Å². The minimum absolute atomic E-state index is 0.162. The molecule has 0 saturated carbocycles. The zero-order valence-corrected chi connectivity index (χ0v) is 11.9. The molecule has 5 nitrogen and oxygen atoms in total. The Bertz CT molecular complexity index is 447. The van der Waals surface area contributed by atoms with Crippen LogP contribution < -0.4 is 15.8 Å². The van der Waals surface area contributed by atoms with Crippen molar-refractivity contribution in [2.45, 2.75) is 18.9 Å². The summed E-state index contributed by atoms with van der Waals surface area (Å²) in [5, 5.41) is 2.76. The van der Waals surface area contributed by atoms with Crippen molar-refractivity contribution in [3.8, 4) is 5.75 Å².